The second-order valence-electron chi connectivity index (χ2n) is 7.32. The Kier molecular flexibility index (Phi) is 5.71. The first-order chi connectivity index (χ1) is 14.2. The Hall–Kier alpha value is -3.40. The zero-order chi connectivity index (χ0) is 20.1. The lowest BCUT2D eigenvalue weighted by atomic mass is 9.83. The number of rotatable bonds is 4. The van der Waals surface area contributed by atoms with Gasteiger partial charge in [-0.15, -0.1) is 0 Å². The van der Waals surface area contributed by atoms with Crippen LogP contribution >= 0.6 is 0 Å². The zero-order valence-corrected chi connectivity index (χ0v) is 16.2. The largest absolute Gasteiger partial charge is 0.331 e. The zero-order valence-electron chi connectivity index (χ0n) is 16.2. The Morgan fingerprint density at radius 1 is 0.793 bits per heavy atom. The Labute approximate surface area is 171 Å². The number of hydrogen-bond acceptors (Lipinski definition) is 2. The molecule has 0 bridgehead atoms. The summed E-state index contributed by atoms with van der Waals surface area (Å²) in [4.78, 5) is 28.4. The highest BCUT2D eigenvalue weighted by atomic mass is 16.2. The normalized spacial score (nSPS) is 18.8. The first-order valence-electron chi connectivity index (χ1n) is 10.0. The van der Waals surface area contributed by atoms with Gasteiger partial charge in [0, 0.05) is 17.8 Å². The number of likely N-dealkylation sites (tertiary alicyclic amines) is 1. The van der Waals surface area contributed by atoms with E-state index in [-0.39, 0.29) is 23.8 Å². The minimum atomic E-state index is -0.306. The lowest BCUT2D eigenvalue weighted by molar-refractivity contribution is -0.123. The molecule has 29 heavy (non-hydrogen) atoms. The Morgan fingerprint density at radius 3 is 2.03 bits per heavy atom. The third-order valence-electron chi connectivity index (χ3n) is 5.43. The van der Waals surface area contributed by atoms with Crippen molar-refractivity contribution in [3.05, 3.63) is 102 Å². The summed E-state index contributed by atoms with van der Waals surface area (Å²) >= 11 is 0. The van der Waals surface area contributed by atoms with E-state index in [9.17, 15) is 9.59 Å². The van der Waals surface area contributed by atoms with Crippen LogP contribution in [0.1, 0.15) is 34.8 Å². The summed E-state index contributed by atoms with van der Waals surface area (Å²) in [6.45, 7) is 0.641. The molecular formula is C25H24N2O2. The Bertz CT molecular complexity index is 958. The fourth-order valence-electron chi connectivity index (χ4n) is 4.06. The maximum absolute atomic E-state index is 13.3. The maximum atomic E-state index is 13.3. The van der Waals surface area contributed by atoms with E-state index in [4.69, 9.17) is 0 Å². The fraction of sp³-hybridized carbons (Fsp3) is 0.200. The molecule has 2 amide bonds. The van der Waals surface area contributed by atoms with E-state index in [0.717, 1.165) is 24.1 Å². The summed E-state index contributed by atoms with van der Waals surface area (Å²) in [6.07, 6.45) is 1.55. The van der Waals surface area contributed by atoms with Crippen LogP contribution in [-0.4, -0.2) is 23.3 Å². The molecule has 1 saturated heterocycles. The minimum absolute atomic E-state index is 0.0309. The highest BCUT2D eigenvalue weighted by Gasteiger charge is 2.39. The van der Waals surface area contributed by atoms with Gasteiger partial charge in [0.2, 0.25) is 5.91 Å². The van der Waals surface area contributed by atoms with Crippen LogP contribution in [0.4, 0.5) is 5.69 Å². The predicted octanol–water partition coefficient (Wildman–Crippen LogP) is 4.92. The van der Waals surface area contributed by atoms with Crippen molar-refractivity contribution in [2.45, 2.75) is 18.9 Å². The first-order valence-corrected chi connectivity index (χ1v) is 10.0. The molecule has 0 unspecified atom stereocenters. The van der Waals surface area contributed by atoms with Gasteiger partial charge in [-0.2, -0.15) is 0 Å². The second kappa shape index (κ2) is 8.74. The first kappa shape index (κ1) is 18.9. The smallest absolute Gasteiger partial charge is 0.254 e. The van der Waals surface area contributed by atoms with Gasteiger partial charge >= 0.3 is 0 Å². The number of carbonyl (C=O) groups is 2. The molecule has 0 saturated carbocycles. The summed E-state index contributed by atoms with van der Waals surface area (Å²) in [7, 11) is 0. The SMILES string of the molecule is O=C(Nc1ccccc1)[C@H]1CCCN(C(=O)c2ccccc2)[C@H]1c1ccccc1. The molecule has 0 radical (unpaired) electrons. The van der Waals surface area contributed by atoms with Gasteiger partial charge in [-0.05, 0) is 42.7 Å². The summed E-state index contributed by atoms with van der Waals surface area (Å²) in [5.74, 6) is -0.383. The molecule has 1 aliphatic heterocycles. The number of carbonyl (C=O) groups excluding carboxylic acids is 2. The number of amides is 2. The predicted molar refractivity (Wildman–Crippen MR) is 114 cm³/mol. The van der Waals surface area contributed by atoms with Gasteiger partial charge in [0.25, 0.3) is 5.91 Å². The standard InChI is InChI=1S/C25H24N2O2/c28-24(26-21-15-8-3-9-16-21)22-17-10-18-27(23(22)19-11-4-1-5-12-19)25(29)20-13-6-2-7-14-20/h1-9,11-16,22-23H,10,17-18H2,(H,26,28)/t22-,23-/m0/s1. The van der Waals surface area contributed by atoms with Crippen LogP contribution in [0.2, 0.25) is 0 Å². The molecular weight excluding hydrogens is 360 g/mol. The van der Waals surface area contributed by atoms with Crippen molar-refractivity contribution in [3.63, 3.8) is 0 Å². The highest BCUT2D eigenvalue weighted by molar-refractivity contribution is 5.97. The quantitative estimate of drug-likeness (QED) is 0.694. The van der Waals surface area contributed by atoms with Crippen LogP contribution in [0.15, 0.2) is 91.0 Å². The van der Waals surface area contributed by atoms with Crippen molar-refractivity contribution >= 4 is 17.5 Å². The molecule has 1 N–H and O–H groups in total. The summed E-state index contributed by atoms with van der Waals surface area (Å²) in [6, 6.07) is 28.4. The number of benzene rings is 3. The molecule has 1 heterocycles. The summed E-state index contributed by atoms with van der Waals surface area (Å²) in [5, 5.41) is 3.03. The molecule has 4 nitrogen and oxygen atoms in total. The molecule has 1 aliphatic rings. The molecule has 3 aromatic carbocycles. The van der Waals surface area contributed by atoms with Crippen molar-refractivity contribution in [2.24, 2.45) is 5.92 Å². The van der Waals surface area contributed by atoms with Gasteiger partial charge in [0.15, 0.2) is 0 Å². The number of para-hydroxylation sites is 1. The molecule has 146 valence electrons. The van der Waals surface area contributed by atoms with Crippen molar-refractivity contribution in [1.82, 2.24) is 4.90 Å². The number of nitrogens with one attached hydrogen (secondary N) is 1. The number of hydrogen-bond donors (Lipinski definition) is 1. The van der Waals surface area contributed by atoms with E-state index in [1.807, 2.05) is 95.9 Å². The molecule has 0 aliphatic carbocycles. The maximum Gasteiger partial charge on any atom is 0.254 e. The van der Waals surface area contributed by atoms with Gasteiger partial charge in [0.05, 0.1) is 12.0 Å². The average molecular weight is 384 g/mol. The lowest BCUT2D eigenvalue weighted by Crippen LogP contribution is -2.46. The van der Waals surface area contributed by atoms with Crippen LogP contribution < -0.4 is 5.32 Å². The molecule has 0 spiro atoms. The van der Waals surface area contributed by atoms with Crippen LogP contribution in [0.25, 0.3) is 0 Å². The van der Waals surface area contributed by atoms with Crippen molar-refractivity contribution < 1.29 is 9.59 Å². The molecule has 0 aromatic heterocycles. The Morgan fingerprint density at radius 2 is 1.38 bits per heavy atom. The van der Waals surface area contributed by atoms with Gasteiger partial charge in [-0.3, -0.25) is 9.59 Å². The molecule has 2 atom stereocenters. The van der Waals surface area contributed by atoms with E-state index >= 15 is 0 Å². The molecule has 4 rings (SSSR count). The van der Waals surface area contributed by atoms with E-state index in [1.165, 1.54) is 0 Å². The van der Waals surface area contributed by atoms with Gasteiger partial charge in [-0.1, -0.05) is 66.7 Å². The third kappa shape index (κ3) is 4.21. The monoisotopic (exact) mass is 384 g/mol. The molecule has 3 aromatic rings. The van der Waals surface area contributed by atoms with Crippen LogP contribution in [0.5, 0.6) is 0 Å². The Balaban J connectivity index is 1.66. The van der Waals surface area contributed by atoms with E-state index in [1.54, 1.807) is 0 Å². The fourth-order valence-corrected chi connectivity index (χ4v) is 4.06. The summed E-state index contributed by atoms with van der Waals surface area (Å²) in [5.41, 5.74) is 2.41. The van der Waals surface area contributed by atoms with Crippen molar-refractivity contribution in [3.8, 4) is 0 Å². The topological polar surface area (TPSA) is 49.4 Å². The lowest BCUT2D eigenvalue weighted by Gasteiger charge is -2.41. The highest BCUT2D eigenvalue weighted by Crippen LogP contribution is 2.37. The molecule has 4 heteroatoms. The summed E-state index contributed by atoms with van der Waals surface area (Å²) < 4.78 is 0. The van der Waals surface area contributed by atoms with E-state index in [2.05, 4.69) is 5.32 Å². The van der Waals surface area contributed by atoms with Crippen molar-refractivity contribution in [1.29, 1.82) is 0 Å². The van der Waals surface area contributed by atoms with Crippen LogP contribution in [0.3, 0.4) is 0 Å². The van der Waals surface area contributed by atoms with Crippen LogP contribution in [-0.2, 0) is 4.79 Å². The number of anilines is 1. The minimum Gasteiger partial charge on any atom is -0.331 e. The van der Waals surface area contributed by atoms with E-state index in [0.29, 0.717) is 12.1 Å². The van der Waals surface area contributed by atoms with Gasteiger partial charge in [-0.25, -0.2) is 0 Å². The van der Waals surface area contributed by atoms with E-state index < -0.39 is 0 Å². The van der Waals surface area contributed by atoms with Gasteiger partial charge < -0.3 is 10.2 Å². The van der Waals surface area contributed by atoms with Crippen LogP contribution in [0, 0.1) is 5.92 Å². The molecule has 1 fully saturated rings. The second-order valence-corrected chi connectivity index (χ2v) is 7.32. The number of nitrogens with zero attached hydrogens (tertiary/aromatic N) is 1. The number of piperidine rings is 1. The van der Waals surface area contributed by atoms with Crippen molar-refractivity contribution in [2.75, 3.05) is 11.9 Å². The van der Waals surface area contributed by atoms with Gasteiger partial charge in [0.1, 0.15) is 0 Å². The average Bonchev–Trinajstić information content (AvgIpc) is 2.80. The third-order valence-corrected chi connectivity index (χ3v) is 5.43.